The van der Waals surface area contributed by atoms with E-state index in [9.17, 15) is 0 Å². The molecule has 37 heavy (non-hydrogen) atoms. The Hall–Kier alpha value is -4.40. The molecule has 0 saturated carbocycles. The maximum absolute atomic E-state index is 6.71. The van der Waals surface area contributed by atoms with Gasteiger partial charge in [-0.1, -0.05) is 109 Å². The molecule has 0 aliphatic heterocycles. The second-order valence-electron chi connectivity index (χ2n) is 9.69. The zero-order valence-electron chi connectivity index (χ0n) is 20.0. The molecule has 8 rings (SSSR count). The number of rotatable bonds is 3. The molecule has 1 atom stereocenters. The number of hydrogen-bond donors (Lipinski definition) is 0. The average molecular weight is 491 g/mol. The lowest BCUT2D eigenvalue weighted by Crippen LogP contribution is -2.04. The summed E-state index contributed by atoms with van der Waals surface area (Å²) in [4.78, 5) is 0. The summed E-state index contributed by atoms with van der Waals surface area (Å²) in [6, 6.07) is 45.9. The van der Waals surface area contributed by atoms with Gasteiger partial charge in [0.05, 0.1) is 0 Å². The van der Waals surface area contributed by atoms with Crippen LogP contribution in [0.25, 0.3) is 52.9 Å². The SMILES string of the molecule is c1ccc(C(c2ccc3ccccc3c2)c2cc3c4ccccc4sc3c3c2oc2ccccc23)cc1. The molecule has 0 spiro atoms. The van der Waals surface area contributed by atoms with Crippen molar-refractivity contribution >= 4 is 64.2 Å². The normalized spacial score (nSPS) is 12.8. The predicted octanol–water partition coefficient (Wildman–Crippen LogP) is 10.3. The first-order valence-corrected chi connectivity index (χ1v) is 13.5. The fourth-order valence-corrected chi connectivity index (χ4v) is 7.13. The van der Waals surface area contributed by atoms with Crippen LogP contribution in [0.2, 0.25) is 0 Å². The van der Waals surface area contributed by atoms with Gasteiger partial charge in [-0.25, -0.2) is 0 Å². The van der Waals surface area contributed by atoms with Crippen LogP contribution in [0.15, 0.2) is 132 Å². The minimum Gasteiger partial charge on any atom is -0.456 e. The first kappa shape index (κ1) is 20.8. The van der Waals surface area contributed by atoms with E-state index in [0.29, 0.717) is 0 Å². The average Bonchev–Trinajstić information content (AvgIpc) is 3.52. The lowest BCUT2D eigenvalue weighted by molar-refractivity contribution is 0.661. The fraction of sp³-hybridized carbons (Fsp3) is 0.0286. The highest BCUT2D eigenvalue weighted by molar-refractivity contribution is 7.26. The van der Waals surface area contributed by atoms with E-state index in [1.54, 1.807) is 0 Å². The van der Waals surface area contributed by atoms with Gasteiger partial charge in [0.25, 0.3) is 0 Å². The van der Waals surface area contributed by atoms with Gasteiger partial charge in [0, 0.05) is 42.4 Å². The van der Waals surface area contributed by atoms with Crippen LogP contribution in [0.4, 0.5) is 0 Å². The van der Waals surface area contributed by atoms with E-state index in [1.165, 1.54) is 58.4 Å². The van der Waals surface area contributed by atoms with E-state index >= 15 is 0 Å². The molecule has 0 N–H and O–H groups in total. The minimum absolute atomic E-state index is 0.0388. The van der Waals surface area contributed by atoms with Gasteiger partial charge in [-0.05, 0) is 40.1 Å². The zero-order chi connectivity index (χ0) is 24.3. The van der Waals surface area contributed by atoms with Crippen LogP contribution in [0.3, 0.4) is 0 Å². The van der Waals surface area contributed by atoms with Gasteiger partial charge in [-0.3, -0.25) is 0 Å². The number of benzene rings is 6. The van der Waals surface area contributed by atoms with Crippen molar-refractivity contribution in [1.82, 2.24) is 0 Å². The Morgan fingerprint density at radius 2 is 1.27 bits per heavy atom. The zero-order valence-corrected chi connectivity index (χ0v) is 20.8. The molecule has 2 aromatic heterocycles. The van der Waals surface area contributed by atoms with Crippen LogP contribution in [0.5, 0.6) is 0 Å². The molecule has 6 aromatic carbocycles. The van der Waals surface area contributed by atoms with Crippen molar-refractivity contribution in [2.45, 2.75) is 5.92 Å². The van der Waals surface area contributed by atoms with Gasteiger partial charge in [-0.15, -0.1) is 11.3 Å². The van der Waals surface area contributed by atoms with E-state index in [4.69, 9.17) is 4.42 Å². The summed E-state index contributed by atoms with van der Waals surface area (Å²) < 4.78 is 9.32. The second-order valence-corrected chi connectivity index (χ2v) is 10.7. The number of fused-ring (bicyclic) bond motifs is 8. The molecule has 8 aromatic rings. The summed E-state index contributed by atoms with van der Waals surface area (Å²) >= 11 is 1.86. The quantitative estimate of drug-likeness (QED) is 0.225. The first-order chi connectivity index (χ1) is 18.3. The predicted molar refractivity (Wildman–Crippen MR) is 158 cm³/mol. The maximum Gasteiger partial charge on any atom is 0.141 e. The number of thiophene rings is 1. The van der Waals surface area contributed by atoms with E-state index < -0.39 is 0 Å². The molecule has 2 heterocycles. The standard InChI is InChI=1S/C35H22OS/c1-2-11-23(12-3-1)32(25-19-18-22-10-4-5-13-24(22)20-25)29-21-28-26-14-7-9-17-31(26)37-35(28)33-27-15-6-8-16-30(27)36-34(29)33/h1-21,32H. The molecule has 0 fully saturated rings. The Kier molecular flexibility index (Phi) is 4.52. The Morgan fingerprint density at radius 3 is 2.16 bits per heavy atom. The number of furan rings is 1. The minimum atomic E-state index is 0.0388. The molecule has 1 nitrogen and oxygen atoms in total. The third-order valence-electron chi connectivity index (χ3n) is 7.57. The van der Waals surface area contributed by atoms with Crippen molar-refractivity contribution in [1.29, 1.82) is 0 Å². The molecular formula is C35H22OS. The topological polar surface area (TPSA) is 13.1 Å². The highest BCUT2D eigenvalue weighted by Crippen LogP contribution is 2.47. The van der Waals surface area contributed by atoms with Gasteiger partial charge in [0.1, 0.15) is 11.2 Å². The molecule has 1 unspecified atom stereocenters. The van der Waals surface area contributed by atoms with Gasteiger partial charge in [0.2, 0.25) is 0 Å². The third-order valence-corrected chi connectivity index (χ3v) is 8.77. The molecule has 0 bridgehead atoms. The summed E-state index contributed by atoms with van der Waals surface area (Å²) in [7, 11) is 0. The Balaban J connectivity index is 1.54. The van der Waals surface area contributed by atoms with Crippen LogP contribution in [0, 0.1) is 0 Å². The maximum atomic E-state index is 6.71. The van der Waals surface area contributed by atoms with E-state index in [1.807, 2.05) is 11.3 Å². The molecule has 0 amide bonds. The lowest BCUT2D eigenvalue weighted by atomic mass is 9.83. The van der Waals surface area contributed by atoms with Gasteiger partial charge >= 0.3 is 0 Å². The van der Waals surface area contributed by atoms with E-state index in [2.05, 4.69) is 127 Å². The number of para-hydroxylation sites is 1. The highest BCUT2D eigenvalue weighted by Gasteiger charge is 2.25. The van der Waals surface area contributed by atoms with Crippen LogP contribution < -0.4 is 0 Å². The van der Waals surface area contributed by atoms with Crippen molar-refractivity contribution in [2.75, 3.05) is 0 Å². The van der Waals surface area contributed by atoms with Crippen LogP contribution in [0.1, 0.15) is 22.6 Å². The molecule has 174 valence electrons. The van der Waals surface area contributed by atoms with Crippen LogP contribution in [-0.2, 0) is 0 Å². The molecule has 2 heteroatoms. The van der Waals surface area contributed by atoms with Gasteiger partial charge in [-0.2, -0.15) is 0 Å². The van der Waals surface area contributed by atoms with Gasteiger partial charge in [0.15, 0.2) is 0 Å². The summed E-state index contributed by atoms with van der Waals surface area (Å²) in [6.07, 6.45) is 0. The third kappa shape index (κ3) is 3.16. The summed E-state index contributed by atoms with van der Waals surface area (Å²) in [5, 5.41) is 7.53. The summed E-state index contributed by atoms with van der Waals surface area (Å²) in [5.41, 5.74) is 5.67. The van der Waals surface area contributed by atoms with Crippen molar-refractivity contribution in [3.05, 3.63) is 144 Å². The Morgan fingerprint density at radius 1 is 0.541 bits per heavy atom. The summed E-state index contributed by atoms with van der Waals surface area (Å²) in [5.74, 6) is 0.0388. The Labute approximate surface area is 218 Å². The molecule has 0 aliphatic carbocycles. The highest BCUT2D eigenvalue weighted by atomic mass is 32.1. The van der Waals surface area contributed by atoms with Crippen molar-refractivity contribution in [3.63, 3.8) is 0 Å². The molecule has 0 saturated heterocycles. The van der Waals surface area contributed by atoms with E-state index in [-0.39, 0.29) is 5.92 Å². The number of hydrogen-bond acceptors (Lipinski definition) is 2. The Bertz CT molecular complexity index is 2100. The summed E-state index contributed by atoms with van der Waals surface area (Å²) in [6.45, 7) is 0. The van der Waals surface area contributed by atoms with Crippen LogP contribution >= 0.6 is 11.3 Å². The first-order valence-electron chi connectivity index (χ1n) is 12.6. The monoisotopic (exact) mass is 490 g/mol. The second kappa shape index (κ2) is 8.06. The smallest absolute Gasteiger partial charge is 0.141 e. The van der Waals surface area contributed by atoms with E-state index in [0.717, 1.165) is 11.2 Å². The van der Waals surface area contributed by atoms with Gasteiger partial charge < -0.3 is 4.42 Å². The lowest BCUT2D eigenvalue weighted by Gasteiger charge is -2.20. The van der Waals surface area contributed by atoms with Crippen LogP contribution in [-0.4, -0.2) is 0 Å². The fourth-order valence-electron chi connectivity index (χ4n) is 5.89. The molecule has 0 aliphatic rings. The van der Waals surface area contributed by atoms with Crippen molar-refractivity contribution < 1.29 is 4.42 Å². The largest absolute Gasteiger partial charge is 0.456 e. The van der Waals surface area contributed by atoms with Crippen molar-refractivity contribution in [3.8, 4) is 0 Å². The molecule has 0 radical (unpaired) electrons. The van der Waals surface area contributed by atoms with Crippen molar-refractivity contribution in [2.24, 2.45) is 0 Å². The molecular weight excluding hydrogens is 468 g/mol.